The zero-order chi connectivity index (χ0) is 33.0. The summed E-state index contributed by atoms with van der Waals surface area (Å²) in [6.07, 6.45) is 0. The van der Waals surface area contributed by atoms with Crippen LogP contribution in [-0.4, -0.2) is 15.0 Å². The van der Waals surface area contributed by atoms with Gasteiger partial charge in [-0.3, -0.25) is 0 Å². The zero-order valence-electron chi connectivity index (χ0n) is 26.7. The summed E-state index contributed by atoms with van der Waals surface area (Å²) in [6.45, 7) is 0. The van der Waals surface area contributed by atoms with Crippen LogP contribution in [0.2, 0.25) is 0 Å². The molecule has 0 atom stereocenters. The Bertz CT molecular complexity index is 2850. The molecule has 3 aromatic heterocycles. The van der Waals surface area contributed by atoms with Gasteiger partial charge in [-0.1, -0.05) is 127 Å². The first kappa shape index (κ1) is 28.2. The summed E-state index contributed by atoms with van der Waals surface area (Å²) in [6, 6.07) is 55.7. The summed E-state index contributed by atoms with van der Waals surface area (Å²) >= 11 is 0. The minimum atomic E-state index is 0.613. The second-order valence-electron chi connectivity index (χ2n) is 12.4. The van der Waals surface area contributed by atoms with Gasteiger partial charge in [0, 0.05) is 38.2 Å². The van der Waals surface area contributed by atoms with Gasteiger partial charge in [-0.25, -0.2) is 15.0 Å². The molecule has 0 bridgehead atoms. The molecular formula is C45H27N3O2. The highest BCUT2D eigenvalue weighted by Crippen LogP contribution is 2.41. The van der Waals surface area contributed by atoms with Crippen molar-refractivity contribution in [3.63, 3.8) is 0 Å². The van der Waals surface area contributed by atoms with Gasteiger partial charge in [-0.15, -0.1) is 0 Å². The molecule has 0 amide bonds. The number of para-hydroxylation sites is 1. The standard InChI is InChI=1S/C45H27N3O2/c1-3-10-28(11-4-1)29-18-20-31(21-19-29)44-46-43(30-12-5-2-6-13-30)47-45(48-44)34-15-9-14-32(26-34)33-22-23-36-40(27-33)50-39-25-24-38-41(42(36)39)35-16-7-8-17-37(35)49-38/h1-27H. The average molecular weight is 642 g/mol. The summed E-state index contributed by atoms with van der Waals surface area (Å²) in [7, 11) is 0. The minimum Gasteiger partial charge on any atom is -0.456 e. The Morgan fingerprint density at radius 2 is 0.740 bits per heavy atom. The van der Waals surface area contributed by atoms with Gasteiger partial charge in [0.25, 0.3) is 0 Å². The van der Waals surface area contributed by atoms with Crippen LogP contribution < -0.4 is 0 Å². The number of benzene rings is 7. The third-order valence-electron chi connectivity index (χ3n) is 9.35. The number of nitrogens with zero attached hydrogens (tertiary/aromatic N) is 3. The number of hydrogen-bond donors (Lipinski definition) is 0. The van der Waals surface area contributed by atoms with E-state index in [9.17, 15) is 0 Å². The average Bonchev–Trinajstić information content (AvgIpc) is 3.76. The fourth-order valence-electron chi connectivity index (χ4n) is 6.89. The number of furan rings is 2. The third kappa shape index (κ3) is 4.75. The zero-order valence-corrected chi connectivity index (χ0v) is 26.7. The molecule has 0 saturated carbocycles. The van der Waals surface area contributed by atoms with Gasteiger partial charge in [0.2, 0.25) is 0 Å². The van der Waals surface area contributed by atoms with Gasteiger partial charge in [0.15, 0.2) is 17.5 Å². The lowest BCUT2D eigenvalue weighted by Gasteiger charge is -2.10. The van der Waals surface area contributed by atoms with E-state index in [1.165, 1.54) is 5.56 Å². The Morgan fingerprint density at radius 1 is 0.280 bits per heavy atom. The number of hydrogen-bond acceptors (Lipinski definition) is 5. The Balaban J connectivity index is 1.07. The van der Waals surface area contributed by atoms with Crippen LogP contribution in [0.1, 0.15) is 0 Å². The van der Waals surface area contributed by atoms with E-state index >= 15 is 0 Å². The molecule has 0 aliphatic rings. The van der Waals surface area contributed by atoms with Gasteiger partial charge in [0.1, 0.15) is 22.3 Å². The normalized spacial score (nSPS) is 11.6. The summed E-state index contributed by atoms with van der Waals surface area (Å²) in [5, 5.41) is 4.31. The van der Waals surface area contributed by atoms with Crippen molar-refractivity contribution in [1.82, 2.24) is 15.0 Å². The van der Waals surface area contributed by atoms with E-state index in [2.05, 4.69) is 97.1 Å². The first-order valence-electron chi connectivity index (χ1n) is 16.6. The maximum Gasteiger partial charge on any atom is 0.164 e. The topological polar surface area (TPSA) is 65.0 Å². The van der Waals surface area contributed by atoms with Crippen molar-refractivity contribution in [2.75, 3.05) is 0 Å². The summed E-state index contributed by atoms with van der Waals surface area (Å²) < 4.78 is 12.6. The molecule has 234 valence electrons. The van der Waals surface area contributed by atoms with Crippen molar-refractivity contribution in [1.29, 1.82) is 0 Å². The van der Waals surface area contributed by atoms with Crippen LogP contribution in [0.4, 0.5) is 0 Å². The molecule has 0 unspecified atom stereocenters. The van der Waals surface area contributed by atoms with Crippen LogP contribution in [-0.2, 0) is 0 Å². The maximum absolute atomic E-state index is 6.45. The molecule has 0 saturated heterocycles. The molecule has 5 nitrogen and oxygen atoms in total. The van der Waals surface area contributed by atoms with Crippen LogP contribution in [0, 0.1) is 0 Å². The molecule has 10 rings (SSSR count). The summed E-state index contributed by atoms with van der Waals surface area (Å²) in [5.74, 6) is 1.87. The molecule has 0 N–H and O–H groups in total. The lowest BCUT2D eigenvalue weighted by molar-refractivity contribution is 0.663. The van der Waals surface area contributed by atoms with Crippen molar-refractivity contribution in [3.8, 4) is 56.4 Å². The molecule has 0 radical (unpaired) electrons. The molecule has 3 heterocycles. The fraction of sp³-hybridized carbons (Fsp3) is 0. The van der Waals surface area contributed by atoms with Crippen LogP contribution in [0.5, 0.6) is 0 Å². The molecule has 0 fully saturated rings. The van der Waals surface area contributed by atoms with Gasteiger partial charge in [-0.2, -0.15) is 0 Å². The van der Waals surface area contributed by atoms with Crippen LogP contribution in [0.15, 0.2) is 173 Å². The molecule has 5 heteroatoms. The molecule has 10 aromatic rings. The summed E-state index contributed by atoms with van der Waals surface area (Å²) in [4.78, 5) is 14.9. The van der Waals surface area contributed by atoms with E-state index in [0.717, 1.165) is 77.3 Å². The largest absolute Gasteiger partial charge is 0.456 e. The lowest BCUT2D eigenvalue weighted by atomic mass is 10.00. The molecule has 7 aromatic carbocycles. The molecular weight excluding hydrogens is 615 g/mol. The van der Waals surface area contributed by atoms with Crippen molar-refractivity contribution < 1.29 is 8.83 Å². The summed E-state index contributed by atoms with van der Waals surface area (Å²) in [5.41, 5.74) is 10.6. The SMILES string of the molecule is c1ccc(-c2ccc(-c3nc(-c4ccccc4)nc(-c4cccc(-c5ccc6c(c5)oc5ccc7oc8ccccc8c7c56)c4)n3)cc2)cc1. The fourth-order valence-corrected chi connectivity index (χ4v) is 6.89. The molecule has 0 spiro atoms. The van der Waals surface area contributed by atoms with E-state index in [4.69, 9.17) is 23.8 Å². The number of fused-ring (bicyclic) bond motifs is 7. The molecule has 0 aliphatic heterocycles. The van der Waals surface area contributed by atoms with Crippen molar-refractivity contribution in [2.24, 2.45) is 0 Å². The lowest BCUT2D eigenvalue weighted by Crippen LogP contribution is -2.00. The van der Waals surface area contributed by atoms with Gasteiger partial charge in [-0.05, 0) is 58.7 Å². The van der Waals surface area contributed by atoms with Crippen LogP contribution in [0.25, 0.3) is 100 Å². The quantitative estimate of drug-likeness (QED) is 0.187. The van der Waals surface area contributed by atoms with Crippen molar-refractivity contribution in [3.05, 3.63) is 164 Å². The van der Waals surface area contributed by atoms with Crippen molar-refractivity contribution in [2.45, 2.75) is 0 Å². The third-order valence-corrected chi connectivity index (χ3v) is 9.35. The predicted octanol–water partition coefficient (Wildman–Crippen LogP) is 12.0. The van der Waals surface area contributed by atoms with Gasteiger partial charge < -0.3 is 8.83 Å². The first-order valence-corrected chi connectivity index (χ1v) is 16.6. The second-order valence-corrected chi connectivity index (χ2v) is 12.4. The predicted molar refractivity (Wildman–Crippen MR) is 202 cm³/mol. The smallest absolute Gasteiger partial charge is 0.164 e. The van der Waals surface area contributed by atoms with Gasteiger partial charge in [0.05, 0.1) is 0 Å². The first-order chi connectivity index (χ1) is 24.7. The monoisotopic (exact) mass is 641 g/mol. The Kier molecular flexibility index (Phi) is 6.42. The van der Waals surface area contributed by atoms with Crippen molar-refractivity contribution >= 4 is 43.9 Å². The van der Waals surface area contributed by atoms with E-state index < -0.39 is 0 Å². The molecule has 50 heavy (non-hydrogen) atoms. The van der Waals surface area contributed by atoms with E-state index in [1.54, 1.807) is 0 Å². The Hall–Kier alpha value is -6.85. The van der Waals surface area contributed by atoms with Crippen LogP contribution >= 0.6 is 0 Å². The van der Waals surface area contributed by atoms with Gasteiger partial charge >= 0.3 is 0 Å². The highest BCUT2D eigenvalue weighted by molar-refractivity contribution is 6.25. The van der Waals surface area contributed by atoms with E-state index in [1.807, 2.05) is 66.7 Å². The number of rotatable bonds is 5. The molecule has 0 aliphatic carbocycles. The van der Waals surface area contributed by atoms with E-state index in [-0.39, 0.29) is 0 Å². The second kappa shape index (κ2) is 11.4. The maximum atomic E-state index is 6.45. The highest BCUT2D eigenvalue weighted by Gasteiger charge is 2.17. The Morgan fingerprint density at radius 3 is 1.46 bits per heavy atom. The van der Waals surface area contributed by atoms with Crippen LogP contribution in [0.3, 0.4) is 0 Å². The van der Waals surface area contributed by atoms with E-state index in [0.29, 0.717) is 17.5 Å². The Labute approximate surface area is 287 Å². The highest BCUT2D eigenvalue weighted by atomic mass is 16.3. The number of aromatic nitrogens is 3. The minimum absolute atomic E-state index is 0.613.